The number of rotatable bonds is 3. The minimum Gasteiger partial charge on any atom is -0.386 e. The largest absolute Gasteiger partial charge is 0.386 e. The summed E-state index contributed by atoms with van der Waals surface area (Å²) in [4.78, 5) is 28.9. The van der Waals surface area contributed by atoms with Crippen molar-refractivity contribution in [3.8, 4) is 0 Å². The Kier molecular flexibility index (Phi) is 4.87. The number of carbonyl (C=O) groups is 2. The highest BCUT2D eigenvalue weighted by Gasteiger charge is 2.47. The van der Waals surface area contributed by atoms with Crippen LogP contribution in [0.4, 0.5) is 0 Å². The molecule has 1 atom stereocenters. The van der Waals surface area contributed by atoms with Gasteiger partial charge < -0.3 is 14.9 Å². The van der Waals surface area contributed by atoms with Gasteiger partial charge in [0.05, 0.1) is 19.0 Å². The van der Waals surface area contributed by atoms with Crippen LogP contribution < -0.4 is 0 Å². The molecule has 1 N–H and O–H groups in total. The second-order valence-corrected chi connectivity index (χ2v) is 7.91. The van der Waals surface area contributed by atoms with Gasteiger partial charge in [-0.25, -0.2) is 0 Å². The van der Waals surface area contributed by atoms with Gasteiger partial charge in [-0.15, -0.1) is 0 Å². The fourth-order valence-electron chi connectivity index (χ4n) is 3.64. The van der Waals surface area contributed by atoms with Crippen LogP contribution >= 0.6 is 0 Å². The standard InChI is InChI=1S/C20H28N2O3/c1-14(2)20(25)12-22(13-20)19(24)17-5-4-10-21(11-17)18(23)16-8-6-15(3)7-9-16/h6-9,14,17,25H,4-5,10-13H2,1-3H3. The van der Waals surface area contributed by atoms with Gasteiger partial charge in [-0.05, 0) is 37.8 Å². The van der Waals surface area contributed by atoms with Crippen LogP contribution in [0.2, 0.25) is 0 Å². The molecule has 0 saturated carbocycles. The Morgan fingerprint density at radius 3 is 2.40 bits per heavy atom. The lowest BCUT2D eigenvalue weighted by atomic mass is 9.81. The molecule has 1 aromatic rings. The van der Waals surface area contributed by atoms with Crippen LogP contribution in [0.25, 0.3) is 0 Å². The van der Waals surface area contributed by atoms with Crippen molar-refractivity contribution in [2.24, 2.45) is 11.8 Å². The number of hydrogen-bond acceptors (Lipinski definition) is 3. The first kappa shape index (κ1) is 17.9. The van der Waals surface area contributed by atoms with Gasteiger partial charge in [0.1, 0.15) is 5.60 Å². The first-order valence-electron chi connectivity index (χ1n) is 9.17. The number of likely N-dealkylation sites (tertiary alicyclic amines) is 2. The molecule has 1 aromatic carbocycles. The fraction of sp³-hybridized carbons (Fsp3) is 0.600. The van der Waals surface area contributed by atoms with E-state index in [1.165, 1.54) is 0 Å². The second kappa shape index (κ2) is 6.79. The van der Waals surface area contributed by atoms with E-state index in [4.69, 9.17) is 0 Å². The maximum absolute atomic E-state index is 12.7. The second-order valence-electron chi connectivity index (χ2n) is 7.91. The molecule has 2 aliphatic rings. The Hall–Kier alpha value is -1.88. The highest BCUT2D eigenvalue weighted by Crippen LogP contribution is 2.31. The van der Waals surface area contributed by atoms with Crippen molar-refractivity contribution in [2.75, 3.05) is 26.2 Å². The number of piperidine rings is 1. The summed E-state index contributed by atoms with van der Waals surface area (Å²) in [5.74, 6) is 0.0638. The lowest BCUT2D eigenvalue weighted by Gasteiger charge is -2.50. The molecule has 2 saturated heterocycles. The molecule has 5 heteroatoms. The summed E-state index contributed by atoms with van der Waals surface area (Å²) in [5, 5.41) is 10.4. The van der Waals surface area contributed by atoms with E-state index in [1.807, 2.05) is 45.0 Å². The number of benzene rings is 1. The summed E-state index contributed by atoms with van der Waals surface area (Å²) in [6.07, 6.45) is 1.66. The maximum Gasteiger partial charge on any atom is 0.253 e. The molecule has 0 spiro atoms. The number of amides is 2. The minimum absolute atomic E-state index is 0.000190. The molecule has 0 aliphatic carbocycles. The number of aliphatic hydroxyl groups is 1. The predicted octanol–water partition coefficient (Wildman–Crippen LogP) is 2.08. The molecule has 1 unspecified atom stereocenters. The van der Waals surface area contributed by atoms with E-state index in [0.717, 1.165) is 18.4 Å². The molecule has 136 valence electrons. The van der Waals surface area contributed by atoms with Crippen molar-refractivity contribution >= 4 is 11.8 Å². The van der Waals surface area contributed by atoms with Crippen molar-refractivity contribution in [3.05, 3.63) is 35.4 Å². The number of carbonyl (C=O) groups excluding carboxylic acids is 2. The smallest absolute Gasteiger partial charge is 0.253 e. The minimum atomic E-state index is -0.748. The molecule has 2 heterocycles. The Morgan fingerprint density at radius 2 is 1.80 bits per heavy atom. The number of hydrogen-bond donors (Lipinski definition) is 1. The van der Waals surface area contributed by atoms with Crippen LogP contribution in [0.15, 0.2) is 24.3 Å². The van der Waals surface area contributed by atoms with Crippen molar-refractivity contribution < 1.29 is 14.7 Å². The molecule has 0 radical (unpaired) electrons. The molecule has 2 fully saturated rings. The zero-order valence-corrected chi connectivity index (χ0v) is 15.4. The molecule has 3 rings (SSSR count). The molecule has 25 heavy (non-hydrogen) atoms. The van der Waals surface area contributed by atoms with Gasteiger partial charge in [0.15, 0.2) is 0 Å². The monoisotopic (exact) mass is 344 g/mol. The number of aryl methyl sites for hydroxylation is 1. The molecular weight excluding hydrogens is 316 g/mol. The van der Waals surface area contributed by atoms with Crippen molar-refractivity contribution in [3.63, 3.8) is 0 Å². The van der Waals surface area contributed by atoms with Crippen LogP contribution in [0.3, 0.4) is 0 Å². The number of β-amino-alcohol motifs (C(OH)–C–C–N with tert-alkyl or cyclic N) is 1. The van der Waals surface area contributed by atoms with E-state index < -0.39 is 5.60 Å². The van der Waals surface area contributed by atoms with Crippen LogP contribution in [0.5, 0.6) is 0 Å². The zero-order chi connectivity index (χ0) is 18.2. The van der Waals surface area contributed by atoms with E-state index in [2.05, 4.69) is 0 Å². The summed E-state index contributed by atoms with van der Waals surface area (Å²) >= 11 is 0. The SMILES string of the molecule is Cc1ccc(C(=O)N2CCCC(C(=O)N3CC(O)(C(C)C)C3)C2)cc1. The normalized spacial score (nSPS) is 22.7. The van der Waals surface area contributed by atoms with Gasteiger partial charge >= 0.3 is 0 Å². The first-order valence-corrected chi connectivity index (χ1v) is 9.17. The van der Waals surface area contributed by atoms with Gasteiger partial charge in [-0.3, -0.25) is 9.59 Å². The van der Waals surface area contributed by atoms with E-state index in [-0.39, 0.29) is 23.7 Å². The van der Waals surface area contributed by atoms with E-state index in [9.17, 15) is 14.7 Å². The summed E-state index contributed by atoms with van der Waals surface area (Å²) in [6, 6.07) is 7.57. The molecule has 2 amide bonds. The molecular formula is C20H28N2O3. The third-order valence-electron chi connectivity index (χ3n) is 5.67. The van der Waals surface area contributed by atoms with Gasteiger partial charge in [-0.1, -0.05) is 31.5 Å². The summed E-state index contributed by atoms with van der Waals surface area (Å²) in [6.45, 7) is 7.94. The lowest BCUT2D eigenvalue weighted by molar-refractivity contribution is -0.168. The Balaban J connectivity index is 1.61. The van der Waals surface area contributed by atoms with E-state index in [1.54, 1.807) is 9.80 Å². The van der Waals surface area contributed by atoms with Gasteiger partial charge in [-0.2, -0.15) is 0 Å². The van der Waals surface area contributed by atoms with Crippen molar-refractivity contribution in [1.82, 2.24) is 9.80 Å². The number of nitrogens with zero attached hydrogens (tertiary/aromatic N) is 2. The Morgan fingerprint density at radius 1 is 1.16 bits per heavy atom. The first-order chi connectivity index (χ1) is 11.8. The molecule has 5 nitrogen and oxygen atoms in total. The third-order valence-corrected chi connectivity index (χ3v) is 5.67. The van der Waals surface area contributed by atoms with Crippen LogP contribution in [0, 0.1) is 18.8 Å². The average molecular weight is 344 g/mol. The molecule has 0 bridgehead atoms. The Labute approximate surface area is 149 Å². The predicted molar refractivity (Wildman–Crippen MR) is 96.2 cm³/mol. The van der Waals surface area contributed by atoms with E-state index >= 15 is 0 Å². The highest BCUT2D eigenvalue weighted by molar-refractivity contribution is 5.94. The van der Waals surface area contributed by atoms with Crippen LogP contribution in [0.1, 0.15) is 42.6 Å². The van der Waals surface area contributed by atoms with Crippen molar-refractivity contribution in [2.45, 2.75) is 39.2 Å². The van der Waals surface area contributed by atoms with Gasteiger partial charge in [0, 0.05) is 18.7 Å². The van der Waals surface area contributed by atoms with Crippen LogP contribution in [-0.2, 0) is 4.79 Å². The summed E-state index contributed by atoms with van der Waals surface area (Å²) < 4.78 is 0. The third kappa shape index (κ3) is 3.56. The van der Waals surface area contributed by atoms with Crippen molar-refractivity contribution in [1.29, 1.82) is 0 Å². The van der Waals surface area contributed by atoms with Gasteiger partial charge in [0.2, 0.25) is 5.91 Å². The van der Waals surface area contributed by atoms with Crippen LogP contribution in [-0.4, -0.2) is 58.5 Å². The average Bonchev–Trinajstić information content (AvgIpc) is 2.58. The molecule has 0 aromatic heterocycles. The molecule has 2 aliphatic heterocycles. The van der Waals surface area contributed by atoms with E-state index in [0.29, 0.717) is 31.7 Å². The zero-order valence-electron chi connectivity index (χ0n) is 15.4. The maximum atomic E-state index is 12.7. The van der Waals surface area contributed by atoms with Gasteiger partial charge in [0.25, 0.3) is 5.91 Å². The summed E-state index contributed by atoms with van der Waals surface area (Å²) in [5.41, 5.74) is 1.05. The topological polar surface area (TPSA) is 60.9 Å². The lowest BCUT2D eigenvalue weighted by Crippen LogP contribution is -2.67. The summed E-state index contributed by atoms with van der Waals surface area (Å²) in [7, 11) is 0. The fourth-order valence-corrected chi connectivity index (χ4v) is 3.64. The Bertz CT molecular complexity index is 647. The highest BCUT2D eigenvalue weighted by atomic mass is 16.3. The quantitative estimate of drug-likeness (QED) is 0.913.